The predicted molar refractivity (Wildman–Crippen MR) is 69.0 cm³/mol. The van der Waals surface area contributed by atoms with Gasteiger partial charge < -0.3 is 5.11 Å². The Bertz CT molecular complexity index is 359. The summed E-state index contributed by atoms with van der Waals surface area (Å²) in [6.45, 7) is 5.29. The van der Waals surface area contributed by atoms with Crippen LogP contribution in [0.4, 0.5) is 0 Å². The smallest absolute Gasteiger partial charge is 0.307 e. The normalized spacial score (nSPS) is 12.7. The Balaban J connectivity index is 2.59. The van der Waals surface area contributed by atoms with Gasteiger partial charge in [0.1, 0.15) is 0 Å². The third-order valence-corrected chi connectivity index (χ3v) is 3.15. The number of hydrogen-bond acceptors (Lipinski definition) is 2. The van der Waals surface area contributed by atoms with Crippen molar-refractivity contribution in [2.45, 2.75) is 39.3 Å². The molecule has 0 aliphatic carbocycles. The Hall–Kier alpha value is -1.35. The van der Waals surface area contributed by atoms with Crippen LogP contribution in [0.1, 0.15) is 31.4 Å². The van der Waals surface area contributed by atoms with Crippen LogP contribution in [0.3, 0.4) is 0 Å². The van der Waals surface area contributed by atoms with Crippen LogP contribution in [0.25, 0.3) is 0 Å². The molecule has 1 aromatic rings. The first kappa shape index (κ1) is 13.7. The molecule has 0 saturated carbocycles. The van der Waals surface area contributed by atoms with E-state index in [1.54, 1.807) is 0 Å². The Morgan fingerprint density at radius 3 is 2.29 bits per heavy atom. The van der Waals surface area contributed by atoms with Gasteiger partial charge in [-0.1, -0.05) is 31.2 Å². The van der Waals surface area contributed by atoms with E-state index in [2.05, 4.69) is 25.8 Å². The molecule has 3 heteroatoms. The number of carbonyl (C=O) groups is 1. The fourth-order valence-corrected chi connectivity index (χ4v) is 1.69. The lowest BCUT2D eigenvalue weighted by Gasteiger charge is -2.23. The molecule has 17 heavy (non-hydrogen) atoms. The summed E-state index contributed by atoms with van der Waals surface area (Å²) in [4.78, 5) is 12.8. The molecule has 0 spiro atoms. The van der Waals surface area contributed by atoms with Crippen molar-refractivity contribution in [1.29, 1.82) is 0 Å². The molecule has 0 aliphatic rings. The zero-order valence-corrected chi connectivity index (χ0v) is 10.8. The first-order chi connectivity index (χ1) is 8.02. The molecule has 0 fully saturated rings. The summed E-state index contributed by atoms with van der Waals surface area (Å²) < 4.78 is 0. The maximum atomic E-state index is 10.6. The fourth-order valence-electron chi connectivity index (χ4n) is 1.69. The number of hydrogen-bond donors (Lipinski definition) is 1. The number of benzene rings is 1. The summed E-state index contributed by atoms with van der Waals surface area (Å²) in [6, 6.07) is 8.38. The van der Waals surface area contributed by atoms with Crippen LogP contribution in [0.5, 0.6) is 0 Å². The van der Waals surface area contributed by atoms with E-state index < -0.39 is 5.97 Å². The summed E-state index contributed by atoms with van der Waals surface area (Å²) in [6.07, 6.45) is 1.23. The lowest BCUT2D eigenvalue weighted by Crippen LogP contribution is -2.27. The zero-order chi connectivity index (χ0) is 12.8. The van der Waals surface area contributed by atoms with Gasteiger partial charge in [0.2, 0.25) is 0 Å². The fraction of sp³-hybridized carbons (Fsp3) is 0.500. The Labute approximate surface area is 103 Å². The number of rotatable bonds is 6. The number of carboxylic acid groups (broad SMARTS) is 1. The SMILES string of the molecule is CCC(C)N(C)Cc1ccc(CC(=O)O)cc1. The lowest BCUT2D eigenvalue weighted by molar-refractivity contribution is -0.136. The van der Waals surface area contributed by atoms with Crippen LogP contribution >= 0.6 is 0 Å². The van der Waals surface area contributed by atoms with Gasteiger partial charge >= 0.3 is 5.97 Å². The number of nitrogens with zero attached hydrogens (tertiary/aromatic N) is 1. The predicted octanol–water partition coefficient (Wildman–Crippen LogP) is 2.54. The molecule has 0 saturated heterocycles. The number of carboxylic acids is 1. The van der Waals surface area contributed by atoms with E-state index in [0.29, 0.717) is 6.04 Å². The van der Waals surface area contributed by atoms with Crippen molar-refractivity contribution in [3.63, 3.8) is 0 Å². The van der Waals surface area contributed by atoms with E-state index in [0.717, 1.165) is 18.5 Å². The van der Waals surface area contributed by atoms with Crippen molar-refractivity contribution in [2.24, 2.45) is 0 Å². The van der Waals surface area contributed by atoms with E-state index in [-0.39, 0.29) is 6.42 Å². The summed E-state index contributed by atoms with van der Waals surface area (Å²) in [5.74, 6) is -0.783. The lowest BCUT2D eigenvalue weighted by atomic mass is 10.1. The molecule has 0 radical (unpaired) electrons. The van der Waals surface area contributed by atoms with Crippen molar-refractivity contribution in [3.05, 3.63) is 35.4 Å². The van der Waals surface area contributed by atoms with Gasteiger partial charge in [-0.25, -0.2) is 0 Å². The van der Waals surface area contributed by atoms with E-state index in [1.165, 1.54) is 5.56 Å². The van der Waals surface area contributed by atoms with Crippen molar-refractivity contribution >= 4 is 5.97 Å². The van der Waals surface area contributed by atoms with Crippen molar-refractivity contribution in [2.75, 3.05) is 7.05 Å². The number of aliphatic carboxylic acids is 1. The average Bonchev–Trinajstić information content (AvgIpc) is 2.30. The van der Waals surface area contributed by atoms with E-state index >= 15 is 0 Å². The standard InChI is InChI=1S/C14H21NO2/c1-4-11(2)15(3)10-13-7-5-12(6-8-13)9-14(16)17/h5-8,11H,4,9-10H2,1-3H3,(H,16,17). The quantitative estimate of drug-likeness (QED) is 0.823. The van der Waals surface area contributed by atoms with Gasteiger partial charge in [0.05, 0.1) is 6.42 Å². The monoisotopic (exact) mass is 235 g/mol. The highest BCUT2D eigenvalue weighted by Crippen LogP contribution is 2.10. The third-order valence-electron chi connectivity index (χ3n) is 3.15. The maximum Gasteiger partial charge on any atom is 0.307 e. The largest absolute Gasteiger partial charge is 0.481 e. The third kappa shape index (κ3) is 4.57. The molecule has 0 bridgehead atoms. The minimum Gasteiger partial charge on any atom is -0.481 e. The Morgan fingerprint density at radius 2 is 1.82 bits per heavy atom. The van der Waals surface area contributed by atoms with Gasteiger partial charge in [0, 0.05) is 12.6 Å². The molecule has 0 aromatic heterocycles. The molecule has 1 N–H and O–H groups in total. The first-order valence-corrected chi connectivity index (χ1v) is 6.02. The maximum absolute atomic E-state index is 10.6. The van der Waals surface area contributed by atoms with Gasteiger partial charge in [0.25, 0.3) is 0 Å². The van der Waals surface area contributed by atoms with Crippen LogP contribution < -0.4 is 0 Å². The minimum absolute atomic E-state index is 0.0987. The highest BCUT2D eigenvalue weighted by Gasteiger charge is 2.07. The molecule has 0 heterocycles. The first-order valence-electron chi connectivity index (χ1n) is 6.02. The van der Waals surface area contributed by atoms with Crippen molar-refractivity contribution in [1.82, 2.24) is 4.90 Å². The molecular weight excluding hydrogens is 214 g/mol. The van der Waals surface area contributed by atoms with Gasteiger partial charge in [0.15, 0.2) is 0 Å². The van der Waals surface area contributed by atoms with Crippen molar-refractivity contribution < 1.29 is 9.90 Å². The molecule has 1 rings (SSSR count). The van der Waals surface area contributed by atoms with Gasteiger partial charge in [-0.2, -0.15) is 0 Å². The topological polar surface area (TPSA) is 40.5 Å². The molecule has 0 aliphatic heterocycles. The van der Waals surface area contributed by atoms with E-state index in [4.69, 9.17) is 5.11 Å². The highest BCUT2D eigenvalue weighted by molar-refractivity contribution is 5.70. The highest BCUT2D eigenvalue weighted by atomic mass is 16.4. The van der Waals surface area contributed by atoms with Crippen LogP contribution in [0.15, 0.2) is 24.3 Å². The van der Waals surface area contributed by atoms with Crippen LogP contribution in [-0.2, 0) is 17.8 Å². The summed E-state index contributed by atoms with van der Waals surface area (Å²) >= 11 is 0. The van der Waals surface area contributed by atoms with Gasteiger partial charge in [-0.15, -0.1) is 0 Å². The molecule has 1 atom stereocenters. The average molecular weight is 235 g/mol. The molecule has 3 nitrogen and oxygen atoms in total. The molecule has 94 valence electrons. The zero-order valence-electron chi connectivity index (χ0n) is 10.8. The van der Waals surface area contributed by atoms with Gasteiger partial charge in [-0.3, -0.25) is 9.69 Å². The van der Waals surface area contributed by atoms with Gasteiger partial charge in [-0.05, 0) is 31.5 Å². The van der Waals surface area contributed by atoms with Crippen LogP contribution in [0.2, 0.25) is 0 Å². The van der Waals surface area contributed by atoms with Crippen molar-refractivity contribution in [3.8, 4) is 0 Å². The van der Waals surface area contributed by atoms with E-state index in [1.807, 2.05) is 24.3 Å². The molecule has 1 unspecified atom stereocenters. The minimum atomic E-state index is -0.783. The van der Waals surface area contributed by atoms with Crippen LogP contribution in [-0.4, -0.2) is 29.1 Å². The molecule has 1 aromatic carbocycles. The molecular formula is C14H21NO2. The summed E-state index contributed by atoms with van der Waals surface area (Å²) in [7, 11) is 2.11. The second-order valence-corrected chi connectivity index (χ2v) is 4.56. The summed E-state index contributed by atoms with van der Waals surface area (Å²) in [5, 5.41) is 8.68. The second-order valence-electron chi connectivity index (χ2n) is 4.56. The van der Waals surface area contributed by atoms with Crippen LogP contribution in [0, 0.1) is 0 Å². The van der Waals surface area contributed by atoms with E-state index in [9.17, 15) is 4.79 Å². The Morgan fingerprint density at radius 1 is 1.29 bits per heavy atom. The molecule has 0 amide bonds. The second kappa shape index (κ2) is 6.40. The summed E-state index contributed by atoms with van der Waals surface area (Å²) in [5.41, 5.74) is 2.08. The Kier molecular flexibility index (Phi) is 5.16.